The van der Waals surface area contributed by atoms with E-state index in [2.05, 4.69) is 27.8 Å². The van der Waals surface area contributed by atoms with Gasteiger partial charge in [-0.25, -0.2) is 8.78 Å². The van der Waals surface area contributed by atoms with Crippen LogP contribution in [0.15, 0.2) is 58.4 Å². The Morgan fingerprint density at radius 3 is 2.61 bits per heavy atom. The average Bonchev–Trinajstić information content (AvgIpc) is 2.58. The molecule has 122 valence electrons. The monoisotopic (exact) mass is 335 g/mol. The summed E-state index contributed by atoms with van der Waals surface area (Å²) in [5.74, 6) is 0.542. The summed E-state index contributed by atoms with van der Waals surface area (Å²) in [4.78, 5) is 5.28. The topological polar surface area (TPSA) is 36.4 Å². The molecule has 0 fully saturated rings. The average molecular weight is 335 g/mol. The van der Waals surface area contributed by atoms with Crippen molar-refractivity contribution < 1.29 is 8.78 Å². The molecule has 0 aromatic heterocycles. The molecule has 3 nitrogen and oxygen atoms in total. The SMILES string of the molecule is CN=C(NCCSc1ccccc1)NCc1cc(F)ccc1F. The van der Waals surface area contributed by atoms with Crippen LogP contribution in [0.5, 0.6) is 0 Å². The maximum Gasteiger partial charge on any atom is 0.191 e. The van der Waals surface area contributed by atoms with Gasteiger partial charge in [0.15, 0.2) is 5.96 Å². The Bertz CT molecular complexity index is 648. The lowest BCUT2D eigenvalue weighted by Gasteiger charge is -2.12. The van der Waals surface area contributed by atoms with Crippen LogP contribution in [0.4, 0.5) is 8.78 Å². The van der Waals surface area contributed by atoms with Crippen LogP contribution in [0.2, 0.25) is 0 Å². The third-order valence-corrected chi connectivity index (χ3v) is 4.10. The first-order chi connectivity index (χ1) is 11.2. The number of hydrogen-bond donors (Lipinski definition) is 2. The number of halogens is 2. The Morgan fingerprint density at radius 2 is 1.87 bits per heavy atom. The molecule has 0 amide bonds. The molecule has 2 N–H and O–H groups in total. The molecule has 6 heteroatoms. The van der Waals surface area contributed by atoms with E-state index in [1.807, 2.05) is 18.2 Å². The van der Waals surface area contributed by atoms with Crippen LogP contribution in [0.3, 0.4) is 0 Å². The number of thioether (sulfide) groups is 1. The fraction of sp³-hybridized carbons (Fsp3) is 0.235. The van der Waals surface area contributed by atoms with E-state index in [9.17, 15) is 8.78 Å². The van der Waals surface area contributed by atoms with Gasteiger partial charge in [0, 0.05) is 36.3 Å². The minimum Gasteiger partial charge on any atom is -0.356 e. The van der Waals surface area contributed by atoms with Gasteiger partial charge in [-0.05, 0) is 30.3 Å². The van der Waals surface area contributed by atoms with E-state index < -0.39 is 11.6 Å². The molecule has 0 aliphatic heterocycles. The Labute approximate surface area is 139 Å². The van der Waals surface area contributed by atoms with Gasteiger partial charge in [0.25, 0.3) is 0 Å². The Kier molecular flexibility index (Phi) is 6.87. The van der Waals surface area contributed by atoms with Gasteiger partial charge >= 0.3 is 0 Å². The fourth-order valence-corrected chi connectivity index (χ4v) is 2.72. The zero-order valence-corrected chi connectivity index (χ0v) is 13.7. The first kappa shape index (κ1) is 17.3. The zero-order valence-electron chi connectivity index (χ0n) is 12.9. The molecule has 0 bridgehead atoms. The van der Waals surface area contributed by atoms with Gasteiger partial charge in [-0.1, -0.05) is 18.2 Å². The number of benzene rings is 2. The molecule has 0 unspecified atom stereocenters. The van der Waals surface area contributed by atoms with Crippen molar-refractivity contribution in [2.45, 2.75) is 11.4 Å². The van der Waals surface area contributed by atoms with Gasteiger partial charge in [0.2, 0.25) is 0 Å². The Balaban J connectivity index is 1.74. The maximum absolute atomic E-state index is 13.5. The van der Waals surface area contributed by atoms with Gasteiger partial charge in [0.05, 0.1) is 0 Å². The first-order valence-electron chi connectivity index (χ1n) is 7.25. The number of guanidine groups is 1. The summed E-state index contributed by atoms with van der Waals surface area (Å²) in [5, 5.41) is 6.12. The highest BCUT2D eigenvalue weighted by atomic mass is 32.2. The molecule has 0 radical (unpaired) electrons. The molecular weight excluding hydrogens is 316 g/mol. The second kappa shape index (κ2) is 9.15. The molecule has 2 aromatic carbocycles. The molecule has 0 spiro atoms. The number of rotatable bonds is 6. The van der Waals surface area contributed by atoms with Crippen LogP contribution in [0.1, 0.15) is 5.56 Å². The standard InChI is InChI=1S/C17H19F2N3S/c1-20-17(21-9-10-23-15-5-3-2-4-6-15)22-12-13-11-14(18)7-8-16(13)19/h2-8,11H,9-10,12H2,1H3,(H2,20,21,22). The van der Waals surface area contributed by atoms with E-state index in [1.54, 1.807) is 18.8 Å². The van der Waals surface area contributed by atoms with Crippen molar-refractivity contribution in [3.8, 4) is 0 Å². The summed E-state index contributed by atoms with van der Waals surface area (Å²) >= 11 is 1.74. The summed E-state index contributed by atoms with van der Waals surface area (Å²) in [7, 11) is 1.64. The van der Waals surface area contributed by atoms with Gasteiger partial charge < -0.3 is 10.6 Å². The van der Waals surface area contributed by atoms with Crippen LogP contribution in [0.25, 0.3) is 0 Å². The van der Waals surface area contributed by atoms with Gasteiger partial charge in [-0.3, -0.25) is 4.99 Å². The van der Waals surface area contributed by atoms with Crippen LogP contribution in [-0.4, -0.2) is 25.3 Å². The molecule has 2 rings (SSSR count). The predicted octanol–water partition coefficient (Wildman–Crippen LogP) is 3.42. The molecule has 0 saturated carbocycles. The van der Waals surface area contributed by atoms with E-state index in [0.29, 0.717) is 12.5 Å². The van der Waals surface area contributed by atoms with Crippen LogP contribution < -0.4 is 10.6 Å². The van der Waals surface area contributed by atoms with Crippen LogP contribution in [0, 0.1) is 11.6 Å². The van der Waals surface area contributed by atoms with Crippen LogP contribution >= 0.6 is 11.8 Å². The number of hydrogen-bond acceptors (Lipinski definition) is 2. The van der Waals surface area contributed by atoms with E-state index in [-0.39, 0.29) is 12.1 Å². The molecule has 0 aliphatic rings. The van der Waals surface area contributed by atoms with Gasteiger partial charge in [0.1, 0.15) is 11.6 Å². The normalized spacial score (nSPS) is 11.3. The first-order valence-corrected chi connectivity index (χ1v) is 8.24. The summed E-state index contributed by atoms with van der Waals surface area (Å²) in [6, 6.07) is 13.5. The lowest BCUT2D eigenvalue weighted by Crippen LogP contribution is -2.38. The molecule has 0 heterocycles. The molecule has 23 heavy (non-hydrogen) atoms. The Hall–Kier alpha value is -2.08. The zero-order chi connectivity index (χ0) is 16.5. The van der Waals surface area contributed by atoms with Crippen molar-refractivity contribution in [2.75, 3.05) is 19.3 Å². The largest absolute Gasteiger partial charge is 0.356 e. The molecular formula is C17H19F2N3S. The lowest BCUT2D eigenvalue weighted by molar-refractivity contribution is 0.581. The quantitative estimate of drug-likeness (QED) is 0.368. The van der Waals surface area contributed by atoms with Crippen molar-refractivity contribution in [1.82, 2.24) is 10.6 Å². The van der Waals surface area contributed by atoms with E-state index in [1.165, 1.54) is 11.0 Å². The summed E-state index contributed by atoms with van der Waals surface area (Å²) in [5.41, 5.74) is 0.270. The number of nitrogens with one attached hydrogen (secondary N) is 2. The second-order valence-corrected chi connectivity index (χ2v) is 5.92. The number of aliphatic imine (C=N–C) groups is 1. The smallest absolute Gasteiger partial charge is 0.191 e. The van der Waals surface area contributed by atoms with E-state index in [0.717, 1.165) is 17.9 Å². The molecule has 0 saturated heterocycles. The van der Waals surface area contributed by atoms with Crippen molar-refractivity contribution in [3.63, 3.8) is 0 Å². The summed E-state index contributed by atoms with van der Waals surface area (Å²) in [6.07, 6.45) is 0. The third kappa shape index (κ3) is 5.90. The molecule has 0 aliphatic carbocycles. The second-order valence-electron chi connectivity index (χ2n) is 4.75. The van der Waals surface area contributed by atoms with Crippen molar-refractivity contribution >= 4 is 17.7 Å². The van der Waals surface area contributed by atoms with E-state index in [4.69, 9.17) is 0 Å². The highest BCUT2D eigenvalue weighted by Crippen LogP contribution is 2.15. The minimum atomic E-state index is -0.453. The fourth-order valence-electron chi connectivity index (χ4n) is 1.93. The highest BCUT2D eigenvalue weighted by molar-refractivity contribution is 7.99. The number of nitrogens with zero attached hydrogens (tertiary/aromatic N) is 1. The van der Waals surface area contributed by atoms with Crippen molar-refractivity contribution in [1.29, 1.82) is 0 Å². The minimum absolute atomic E-state index is 0.176. The summed E-state index contributed by atoms with van der Waals surface area (Å²) < 4.78 is 26.7. The molecule has 0 atom stereocenters. The maximum atomic E-state index is 13.5. The highest BCUT2D eigenvalue weighted by Gasteiger charge is 2.05. The van der Waals surface area contributed by atoms with Crippen molar-refractivity contribution in [3.05, 3.63) is 65.7 Å². The Morgan fingerprint density at radius 1 is 1.09 bits per heavy atom. The van der Waals surface area contributed by atoms with Gasteiger partial charge in [-0.2, -0.15) is 0 Å². The van der Waals surface area contributed by atoms with E-state index >= 15 is 0 Å². The molecule has 2 aromatic rings. The van der Waals surface area contributed by atoms with Crippen molar-refractivity contribution in [2.24, 2.45) is 4.99 Å². The third-order valence-electron chi connectivity index (χ3n) is 3.08. The summed E-state index contributed by atoms with van der Waals surface area (Å²) in [6.45, 7) is 0.889. The van der Waals surface area contributed by atoms with Gasteiger partial charge in [-0.15, -0.1) is 11.8 Å². The van der Waals surface area contributed by atoms with Crippen LogP contribution in [-0.2, 0) is 6.54 Å². The lowest BCUT2D eigenvalue weighted by atomic mass is 10.2. The predicted molar refractivity (Wildman–Crippen MR) is 91.7 cm³/mol.